The summed E-state index contributed by atoms with van der Waals surface area (Å²) in [5.74, 6) is 0.304. The van der Waals surface area contributed by atoms with Gasteiger partial charge in [0.05, 0.1) is 11.3 Å². The molecule has 0 spiro atoms. The summed E-state index contributed by atoms with van der Waals surface area (Å²) in [6.45, 7) is 7.11. The van der Waals surface area contributed by atoms with Gasteiger partial charge in [-0.05, 0) is 63.0 Å². The Kier molecular flexibility index (Phi) is 5.86. The topological polar surface area (TPSA) is 45.2 Å². The van der Waals surface area contributed by atoms with Gasteiger partial charge in [-0.15, -0.1) is 11.3 Å². The average molecular weight is 397 g/mol. The molecule has 1 aliphatic rings. The number of likely N-dealkylation sites (tertiary alicyclic amines) is 1. The van der Waals surface area contributed by atoms with E-state index >= 15 is 0 Å². The van der Waals surface area contributed by atoms with Crippen LogP contribution in [-0.4, -0.2) is 28.9 Å². The van der Waals surface area contributed by atoms with Gasteiger partial charge in [0.2, 0.25) is 0 Å². The van der Waals surface area contributed by atoms with E-state index in [1.807, 2.05) is 6.92 Å². The Morgan fingerprint density at radius 1 is 1.26 bits per heavy atom. The summed E-state index contributed by atoms with van der Waals surface area (Å²) < 4.78 is 37.8. The van der Waals surface area contributed by atoms with E-state index in [1.54, 1.807) is 0 Å². The number of nitrogens with one attached hydrogen (secondary N) is 1. The number of hydrogen-bond acceptors (Lipinski definition) is 4. The predicted octanol–water partition coefficient (Wildman–Crippen LogP) is 4.95. The highest BCUT2D eigenvalue weighted by molar-refractivity contribution is 7.15. The maximum atomic E-state index is 12.6. The van der Waals surface area contributed by atoms with Crippen molar-refractivity contribution in [1.82, 2.24) is 9.88 Å². The molecule has 0 aliphatic carbocycles. The molecule has 4 nitrogen and oxygen atoms in total. The lowest BCUT2D eigenvalue weighted by atomic mass is 9.99. The van der Waals surface area contributed by atoms with Crippen LogP contribution in [0, 0.1) is 12.8 Å². The van der Waals surface area contributed by atoms with Crippen LogP contribution in [0.1, 0.15) is 46.3 Å². The SMILES string of the molecule is Cc1nc(NC(=O)c2ccc(C(F)(F)F)cc2)sc1CN1CCC(C)CC1. The van der Waals surface area contributed by atoms with Crippen LogP contribution in [0.15, 0.2) is 24.3 Å². The summed E-state index contributed by atoms with van der Waals surface area (Å²) in [6.07, 6.45) is -2.03. The van der Waals surface area contributed by atoms with Gasteiger partial charge in [-0.25, -0.2) is 4.98 Å². The van der Waals surface area contributed by atoms with Crippen LogP contribution in [0.3, 0.4) is 0 Å². The molecule has 0 bridgehead atoms. The highest BCUT2D eigenvalue weighted by Crippen LogP contribution is 2.30. The van der Waals surface area contributed by atoms with Gasteiger partial charge < -0.3 is 0 Å². The zero-order valence-corrected chi connectivity index (χ0v) is 16.1. The minimum absolute atomic E-state index is 0.169. The van der Waals surface area contributed by atoms with Crippen molar-refractivity contribution in [2.45, 2.75) is 39.4 Å². The van der Waals surface area contributed by atoms with Crippen molar-refractivity contribution in [1.29, 1.82) is 0 Å². The van der Waals surface area contributed by atoms with E-state index in [-0.39, 0.29) is 5.56 Å². The van der Waals surface area contributed by atoms with E-state index in [0.717, 1.165) is 48.3 Å². The number of aryl methyl sites for hydroxylation is 1. The monoisotopic (exact) mass is 397 g/mol. The van der Waals surface area contributed by atoms with Crippen molar-refractivity contribution in [3.63, 3.8) is 0 Å². The summed E-state index contributed by atoms with van der Waals surface area (Å²) in [5, 5.41) is 3.16. The molecule has 0 unspecified atom stereocenters. The van der Waals surface area contributed by atoms with Crippen molar-refractivity contribution in [3.8, 4) is 0 Å². The van der Waals surface area contributed by atoms with E-state index < -0.39 is 17.6 Å². The summed E-state index contributed by atoms with van der Waals surface area (Å²) in [6, 6.07) is 4.17. The van der Waals surface area contributed by atoms with E-state index in [4.69, 9.17) is 0 Å². The van der Waals surface area contributed by atoms with E-state index in [0.29, 0.717) is 5.13 Å². The Labute approximate surface area is 160 Å². The Morgan fingerprint density at radius 3 is 2.48 bits per heavy atom. The third kappa shape index (κ3) is 5.07. The lowest BCUT2D eigenvalue weighted by Crippen LogP contribution is -2.32. The number of benzene rings is 1. The molecule has 1 aromatic heterocycles. The number of hydrogen-bond donors (Lipinski definition) is 1. The Bertz CT molecular complexity index is 794. The maximum Gasteiger partial charge on any atom is 0.416 e. The number of piperidine rings is 1. The molecular weight excluding hydrogens is 375 g/mol. The molecule has 8 heteroatoms. The molecule has 2 heterocycles. The third-order valence-corrected chi connectivity index (χ3v) is 5.89. The van der Waals surface area contributed by atoms with Crippen molar-refractivity contribution in [3.05, 3.63) is 46.0 Å². The second kappa shape index (κ2) is 7.98. The molecule has 3 rings (SSSR count). The molecule has 1 saturated heterocycles. The molecule has 0 saturated carbocycles. The molecule has 27 heavy (non-hydrogen) atoms. The smallest absolute Gasteiger partial charge is 0.298 e. The van der Waals surface area contributed by atoms with Crippen LogP contribution in [0.5, 0.6) is 0 Å². The van der Waals surface area contributed by atoms with Crippen LogP contribution in [0.25, 0.3) is 0 Å². The number of aromatic nitrogens is 1. The zero-order chi connectivity index (χ0) is 19.6. The number of carbonyl (C=O) groups is 1. The first kappa shape index (κ1) is 19.8. The standard InChI is InChI=1S/C19H22F3N3OS/c1-12-7-9-25(10-8-12)11-16-13(2)23-18(27-16)24-17(26)14-3-5-15(6-4-14)19(20,21)22/h3-6,12H,7-11H2,1-2H3,(H,23,24,26). The number of carbonyl (C=O) groups excluding carboxylic acids is 1. The van der Waals surface area contributed by atoms with Gasteiger partial charge in [0.25, 0.3) is 5.91 Å². The minimum Gasteiger partial charge on any atom is -0.298 e. The largest absolute Gasteiger partial charge is 0.416 e. The fraction of sp³-hybridized carbons (Fsp3) is 0.474. The van der Waals surface area contributed by atoms with Crippen LogP contribution in [0.2, 0.25) is 0 Å². The molecule has 1 fully saturated rings. The van der Waals surface area contributed by atoms with Gasteiger partial charge in [-0.3, -0.25) is 15.0 Å². The number of rotatable bonds is 4. The van der Waals surface area contributed by atoms with E-state index in [2.05, 4.69) is 22.1 Å². The summed E-state index contributed by atoms with van der Waals surface area (Å²) in [4.78, 5) is 20.2. The van der Waals surface area contributed by atoms with Crippen molar-refractivity contribution >= 4 is 22.4 Å². The lowest BCUT2D eigenvalue weighted by molar-refractivity contribution is -0.137. The van der Waals surface area contributed by atoms with Gasteiger partial charge in [0, 0.05) is 17.0 Å². The summed E-state index contributed by atoms with van der Waals surface area (Å²) in [5.41, 5.74) is 0.269. The minimum atomic E-state index is -4.41. The molecule has 0 atom stereocenters. The molecular formula is C19H22F3N3OS. The van der Waals surface area contributed by atoms with Gasteiger partial charge in [0.1, 0.15) is 0 Å². The zero-order valence-electron chi connectivity index (χ0n) is 15.3. The Morgan fingerprint density at radius 2 is 1.89 bits per heavy atom. The van der Waals surface area contributed by atoms with Crippen molar-refractivity contribution in [2.24, 2.45) is 5.92 Å². The normalized spacial score (nSPS) is 16.5. The first-order chi connectivity index (χ1) is 12.7. The molecule has 1 aromatic carbocycles. The molecule has 1 N–H and O–H groups in total. The first-order valence-electron chi connectivity index (χ1n) is 8.89. The fourth-order valence-electron chi connectivity index (χ4n) is 3.03. The van der Waals surface area contributed by atoms with Gasteiger partial charge >= 0.3 is 6.18 Å². The number of halogens is 3. The van der Waals surface area contributed by atoms with Crippen LogP contribution in [-0.2, 0) is 12.7 Å². The fourth-order valence-corrected chi connectivity index (χ4v) is 4.03. The maximum absolute atomic E-state index is 12.6. The Balaban J connectivity index is 1.63. The third-order valence-electron chi connectivity index (χ3n) is 4.83. The second-order valence-electron chi connectivity index (χ2n) is 7.02. The molecule has 1 amide bonds. The van der Waals surface area contributed by atoms with Crippen molar-refractivity contribution in [2.75, 3.05) is 18.4 Å². The van der Waals surface area contributed by atoms with Crippen LogP contribution < -0.4 is 5.32 Å². The quantitative estimate of drug-likeness (QED) is 0.794. The molecule has 2 aromatic rings. The molecule has 0 radical (unpaired) electrons. The predicted molar refractivity (Wildman–Crippen MR) is 99.9 cm³/mol. The van der Waals surface area contributed by atoms with Crippen LogP contribution >= 0.6 is 11.3 Å². The highest BCUT2D eigenvalue weighted by Gasteiger charge is 2.30. The second-order valence-corrected chi connectivity index (χ2v) is 8.10. The van der Waals surface area contributed by atoms with Gasteiger partial charge in [-0.1, -0.05) is 6.92 Å². The van der Waals surface area contributed by atoms with Gasteiger partial charge in [0.15, 0.2) is 5.13 Å². The molecule has 146 valence electrons. The van der Waals surface area contributed by atoms with Gasteiger partial charge in [-0.2, -0.15) is 13.2 Å². The van der Waals surface area contributed by atoms with Crippen LogP contribution in [0.4, 0.5) is 18.3 Å². The number of amides is 1. The number of anilines is 1. The first-order valence-corrected chi connectivity index (χ1v) is 9.71. The number of nitrogens with zero attached hydrogens (tertiary/aromatic N) is 2. The summed E-state index contributed by atoms with van der Waals surface area (Å²) in [7, 11) is 0. The number of alkyl halides is 3. The Hall–Kier alpha value is -1.93. The van der Waals surface area contributed by atoms with E-state index in [9.17, 15) is 18.0 Å². The van der Waals surface area contributed by atoms with E-state index in [1.165, 1.54) is 36.3 Å². The number of thiazole rings is 1. The summed E-state index contributed by atoms with van der Waals surface area (Å²) >= 11 is 1.42. The van der Waals surface area contributed by atoms with Crippen molar-refractivity contribution < 1.29 is 18.0 Å². The lowest BCUT2D eigenvalue weighted by Gasteiger charge is -2.29. The molecule has 1 aliphatic heterocycles. The average Bonchev–Trinajstić information content (AvgIpc) is 2.95. The highest BCUT2D eigenvalue weighted by atomic mass is 32.1.